The molecule has 0 unspecified atom stereocenters. The normalized spacial score (nSPS) is 10.5. The highest BCUT2D eigenvalue weighted by atomic mass is 16.6. The van der Waals surface area contributed by atoms with Gasteiger partial charge >= 0.3 is 11.9 Å². The molecule has 2 aromatic rings. The molecule has 0 aliphatic carbocycles. The summed E-state index contributed by atoms with van der Waals surface area (Å²) in [6.45, 7) is 4.24. The Hall–Kier alpha value is -2.56. The van der Waals surface area contributed by atoms with Gasteiger partial charge in [-0.1, -0.05) is 38.8 Å². The molecule has 5 heteroatoms. The Kier molecular flexibility index (Phi) is 7.26. The first kappa shape index (κ1) is 18.8. The maximum Gasteiger partial charge on any atom is 0.364 e. The van der Waals surface area contributed by atoms with Gasteiger partial charge in [0.25, 0.3) is 0 Å². The average molecular weight is 340 g/mol. The first-order valence-corrected chi connectivity index (χ1v) is 8.80. The van der Waals surface area contributed by atoms with E-state index in [-0.39, 0.29) is 11.4 Å². The van der Waals surface area contributed by atoms with Gasteiger partial charge in [-0.3, -0.25) is 0 Å². The second kappa shape index (κ2) is 9.67. The molecule has 0 aromatic carbocycles. The molecule has 132 valence electrons. The van der Waals surface area contributed by atoms with Gasteiger partial charge in [-0.25, -0.2) is 19.6 Å². The van der Waals surface area contributed by atoms with E-state index >= 15 is 0 Å². The van der Waals surface area contributed by atoms with Crippen LogP contribution in [0.25, 0.3) is 0 Å². The van der Waals surface area contributed by atoms with Crippen molar-refractivity contribution in [2.45, 2.75) is 52.4 Å². The van der Waals surface area contributed by atoms with Crippen molar-refractivity contribution in [1.29, 1.82) is 0 Å². The van der Waals surface area contributed by atoms with Crippen molar-refractivity contribution in [1.82, 2.24) is 9.97 Å². The van der Waals surface area contributed by atoms with Crippen molar-refractivity contribution in [2.75, 3.05) is 0 Å². The van der Waals surface area contributed by atoms with E-state index in [1.54, 1.807) is 24.5 Å². The Morgan fingerprint density at radius 3 is 1.56 bits per heavy atom. The van der Waals surface area contributed by atoms with Crippen LogP contribution in [0.5, 0.6) is 0 Å². The lowest BCUT2D eigenvalue weighted by molar-refractivity contribution is 0.0389. The number of ether oxygens (including phenoxy) is 1. The van der Waals surface area contributed by atoms with Crippen molar-refractivity contribution in [3.63, 3.8) is 0 Å². The van der Waals surface area contributed by atoms with Crippen LogP contribution in [0, 0.1) is 0 Å². The molecule has 0 N–H and O–H groups in total. The van der Waals surface area contributed by atoms with E-state index in [9.17, 15) is 9.59 Å². The number of aromatic nitrogens is 2. The molecule has 0 atom stereocenters. The van der Waals surface area contributed by atoms with Crippen LogP contribution in [0.4, 0.5) is 0 Å². The van der Waals surface area contributed by atoms with Crippen LogP contribution in [-0.4, -0.2) is 21.9 Å². The number of esters is 2. The third-order valence-corrected chi connectivity index (χ3v) is 3.89. The van der Waals surface area contributed by atoms with Crippen molar-refractivity contribution in [3.05, 3.63) is 59.2 Å². The average Bonchev–Trinajstić information content (AvgIpc) is 2.65. The van der Waals surface area contributed by atoms with Gasteiger partial charge in [0.2, 0.25) is 0 Å². The minimum atomic E-state index is -0.760. The molecule has 25 heavy (non-hydrogen) atoms. The molecular weight excluding hydrogens is 316 g/mol. The van der Waals surface area contributed by atoms with E-state index in [1.807, 2.05) is 12.1 Å². The van der Waals surface area contributed by atoms with E-state index in [0.29, 0.717) is 0 Å². The molecule has 2 rings (SSSR count). The number of rotatable bonds is 8. The number of nitrogens with zero attached hydrogens (tertiary/aromatic N) is 2. The van der Waals surface area contributed by atoms with Gasteiger partial charge in [0.1, 0.15) is 11.4 Å². The molecular formula is C20H24N2O3. The Morgan fingerprint density at radius 2 is 1.24 bits per heavy atom. The number of aryl methyl sites for hydroxylation is 2. The monoisotopic (exact) mass is 340 g/mol. The van der Waals surface area contributed by atoms with Crippen molar-refractivity contribution >= 4 is 11.9 Å². The zero-order valence-electron chi connectivity index (χ0n) is 14.8. The smallest absolute Gasteiger partial charge is 0.364 e. The minimum absolute atomic E-state index is 0.119. The summed E-state index contributed by atoms with van der Waals surface area (Å²) in [5.41, 5.74) is 2.37. The Labute approximate surface area is 148 Å². The summed E-state index contributed by atoms with van der Waals surface area (Å²) in [6.07, 6.45) is 9.49. The maximum atomic E-state index is 12.0. The predicted octanol–water partition coefficient (Wildman–Crippen LogP) is 4.16. The van der Waals surface area contributed by atoms with Crippen molar-refractivity contribution < 1.29 is 14.3 Å². The van der Waals surface area contributed by atoms with Crippen LogP contribution in [0.3, 0.4) is 0 Å². The minimum Gasteiger partial charge on any atom is -0.383 e. The van der Waals surface area contributed by atoms with Gasteiger partial charge in [-0.05, 0) is 48.9 Å². The van der Waals surface area contributed by atoms with Gasteiger partial charge in [0, 0.05) is 12.4 Å². The topological polar surface area (TPSA) is 69.2 Å². The Balaban J connectivity index is 1.94. The lowest BCUT2D eigenvalue weighted by Gasteiger charge is -2.04. The predicted molar refractivity (Wildman–Crippen MR) is 95.4 cm³/mol. The number of unbranched alkanes of at least 4 members (excludes halogenated alkanes) is 2. The largest absolute Gasteiger partial charge is 0.383 e. The Morgan fingerprint density at radius 1 is 0.800 bits per heavy atom. The molecule has 0 bridgehead atoms. The van der Waals surface area contributed by atoms with Crippen LogP contribution in [0.2, 0.25) is 0 Å². The molecule has 2 aromatic heterocycles. The quantitative estimate of drug-likeness (QED) is 0.533. The lowest BCUT2D eigenvalue weighted by Crippen LogP contribution is -2.15. The highest BCUT2D eigenvalue weighted by Crippen LogP contribution is 2.09. The maximum absolute atomic E-state index is 12.0. The van der Waals surface area contributed by atoms with Crippen LogP contribution in [-0.2, 0) is 17.6 Å². The van der Waals surface area contributed by atoms with Gasteiger partial charge in [0.05, 0.1) is 0 Å². The highest BCUT2D eigenvalue weighted by Gasteiger charge is 2.17. The van der Waals surface area contributed by atoms with E-state index in [2.05, 4.69) is 23.8 Å². The zero-order valence-corrected chi connectivity index (χ0v) is 14.8. The third-order valence-electron chi connectivity index (χ3n) is 3.89. The SMILES string of the molecule is CCCCc1ccc(C(=O)OC(=O)c2ccc(CCCC)cn2)nc1. The molecule has 2 heterocycles. The summed E-state index contributed by atoms with van der Waals surface area (Å²) in [4.78, 5) is 32.2. The van der Waals surface area contributed by atoms with Crippen molar-refractivity contribution in [3.8, 4) is 0 Å². The molecule has 0 aliphatic rings. The second-order valence-electron chi connectivity index (χ2n) is 5.99. The summed E-state index contributed by atoms with van der Waals surface area (Å²) >= 11 is 0. The number of hydrogen-bond donors (Lipinski definition) is 0. The van der Waals surface area contributed by atoms with Crippen LogP contribution in [0.15, 0.2) is 36.7 Å². The second-order valence-corrected chi connectivity index (χ2v) is 5.99. The molecule has 5 nitrogen and oxygen atoms in total. The van der Waals surface area contributed by atoms with Crippen LogP contribution < -0.4 is 0 Å². The van der Waals surface area contributed by atoms with Crippen molar-refractivity contribution in [2.24, 2.45) is 0 Å². The molecule has 0 fully saturated rings. The van der Waals surface area contributed by atoms with E-state index in [1.165, 1.54) is 0 Å². The number of hydrogen-bond acceptors (Lipinski definition) is 5. The third kappa shape index (κ3) is 5.78. The van der Waals surface area contributed by atoms with Gasteiger partial charge < -0.3 is 4.74 Å². The fourth-order valence-electron chi connectivity index (χ4n) is 2.34. The standard InChI is InChI=1S/C20H24N2O3/c1-3-5-7-15-9-11-17(21-13-15)19(23)25-20(24)18-12-10-16(14-22-18)8-6-4-2/h9-14H,3-8H2,1-2H3. The molecule has 0 amide bonds. The highest BCUT2D eigenvalue weighted by molar-refractivity contribution is 6.00. The van der Waals surface area contributed by atoms with E-state index < -0.39 is 11.9 Å². The fourth-order valence-corrected chi connectivity index (χ4v) is 2.34. The van der Waals surface area contributed by atoms with Crippen LogP contribution >= 0.6 is 0 Å². The van der Waals surface area contributed by atoms with Gasteiger partial charge in [-0.15, -0.1) is 0 Å². The first-order chi connectivity index (χ1) is 12.1. The number of carbonyl (C=O) groups is 2. The summed E-state index contributed by atoms with van der Waals surface area (Å²) in [5.74, 6) is -1.52. The van der Waals surface area contributed by atoms with Gasteiger partial charge in [0.15, 0.2) is 0 Å². The molecule has 0 radical (unpaired) electrons. The summed E-state index contributed by atoms with van der Waals surface area (Å²) in [6, 6.07) is 6.85. The van der Waals surface area contributed by atoms with Crippen LogP contribution in [0.1, 0.15) is 71.6 Å². The zero-order chi connectivity index (χ0) is 18.1. The summed E-state index contributed by atoms with van der Waals surface area (Å²) < 4.78 is 4.86. The lowest BCUT2D eigenvalue weighted by atomic mass is 10.1. The van der Waals surface area contributed by atoms with Gasteiger partial charge in [-0.2, -0.15) is 0 Å². The summed E-state index contributed by atoms with van der Waals surface area (Å²) in [5, 5.41) is 0. The Bertz CT molecular complexity index is 632. The molecule has 0 saturated carbocycles. The summed E-state index contributed by atoms with van der Waals surface area (Å²) in [7, 11) is 0. The van der Waals surface area contributed by atoms with E-state index in [4.69, 9.17) is 4.74 Å². The fraction of sp³-hybridized carbons (Fsp3) is 0.400. The number of pyridine rings is 2. The molecule has 0 spiro atoms. The molecule has 0 saturated heterocycles. The molecule has 0 aliphatic heterocycles. The first-order valence-electron chi connectivity index (χ1n) is 8.80. The number of carbonyl (C=O) groups excluding carboxylic acids is 2. The van der Waals surface area contributed by atoms with E-state index in [0.717, 1.165) is 49.7 Å².